The Balaban J connectivity index is 2.65. The highest BCUT2D eigenvalue weighted by molar-refractivity contribution is 6.00. The van der Waals surface area contributed by atoms with Crippen molar-refractivity contribution in [3.63, 3.8) is 0 Å². The predicted molar refractivity (Wildman–Crippen MR) is 60.2 cm³/mol. The fourth-order valence-electron chi connectivity index (χ4n) is 1.57. The number of carbonyl (C=O) groups is 2. The lowest BCUT2D eigenvalue weighted by molar-refractivity contribution is 0.0593. The second-order valence-corrected chi connectivity index (χ2v) is 3.52. The van der Waals surface area contributed by atoms with Crippen LogP contribution in [0.5, 0.6) is 0 Å². The van der Waals surface area contributed by atoms with E-state index in [1.165, 1.54) is 0 Å². The number of benzene rings is 1. The van der Waals surface area contributed by atoms with Gasteiger partial charge in [-0.15, -0.1) is 0 Å². The third-order valence-corrected chi connectivity index (χ3v) is 2.40. The molecule has 0 aliphatic heterocycles. The second-order valence-electron chi connectivity index (χ2n) is 3.52. The Labute approximate surface area is 106 Å². The molecule has 1 aromatic carbocycles. The van der Waals surface area contributed by atoms with Gasteiger partial charge >= 0.3 is 11.9 Å². The topological polar surface area (TPSA) is 89.6 Å². The van der Waals surface area contributed by atoms with Crippen LogP contribution in [0, 0.1) is 5.82 Å². The predicted octanol–water partition coefficient (Wildman–Crippen LogP) is 1.97. The van der Waals surface area contributed by atoms with Gasteiger partial charge in [0.2, 0.25) is 0 Å². The van der Waals surface area contributed by atoms with Crippen LogP contribution < -0.4 is 0 Å². The molecule has 7 heteroatoms. The minimum absolute atomic E-state index is 0.0783. The summed E-state index contributed by atoms with van der Waals surface area (Å²) in [6.07, 6.45) is 0.956. The summed E-state index contributed by atoms with van der Waals surface area (Å²) in [5, 5.41) is 9.04. The van der Waals surface area contributed by atoms with Gasteiger partial charge in [0, 0.05) is 5.56 Å². The van der Waals surface area contributed by atoms with Crippen molar-refractivity contribution < 1.29 is 28.2 Å². The van der Waals surface area contributed by atoms with Gasteiger partial charge in [0.05, 0.1) is 12.7 Å². The molecule has 0 bridgehead atoms. The Bertz CT molecular complexity index is 649. The lowest BCUT2D eigenvalue weighted by atomic mass is 10.0. The molecular formula is C12H8FNO5. The Morgan fingerprint density at radius 3 is 2.79 bits per heavy atom. The quantitative estimate of drug-likeness (QED) is 0.853. The number of methoxy groups -OCH3 is 1. The highest BCUT2D eigenvalue weighted by Gasteiger charge is 2.23. The van der Waals surface area contributed by atoms with Crippen LogP contribution in [0.3, 0.4) is 0 Å². The molecule has 2 rings (SSSR count). The Kier molecular flexibility index (Phi) is 3.28. The molecule has 19 heavy (non-hydrogen) atoms. The van der Waals surface area contributed by atoms with Gasteiger partial charge in [0.25, 0.3) is 0 Å². The van der Waals surface area contributed by atoms with E-state index in [0.29, 0.717) is 0 Å². The number of aromatic carboxylic acids is 1. The molecule has 0 spiro atoms. The van der Waals surface area contributed by atoms with Crippen molar-refractivity contribution in [2.45, 2.75) is 0 Å². The van der Waals surface area contributed by atoms with E-state index >= 15 is 0 Å². The number of carboxylic acid groups (broad SMARTS) is 1. The first-order valence-electron chi connectivity index (χ1n) is 5.09. The molecule has 0 saturated carbocycles. The average molecular weight is 265 g/mol. The van der Waals surface area contributed by atoms with Crippen LogP contribution in [0.15, 0.2) is 29.0 Å². The largest absolute Gasteiger partial charge is 0.478 e. The highest BCUT2D eigenvalue weighted by atomic mass is 19.1. The Hall–Kier alpha value is -2.70. The van der Waals surface area contributed by atoms with Crippen LogP contribution in [0.1, 0.15) is 20.8 Å². The minimum Gasteiger partial charge on any atom is -0.478 e. The molecule has 6 nitrogen and oxygen atoms in total. The van der Waals surface area contributed by atoms with Gasteiger partial charge in [-0.05, 0) is 18.2 Å². The van der Waals surface area contributed by atoms with Gasteiger partial charge in [0.1, 0.15) is 5.82 Å². The molecule has 0 aliphatic rings. The van der Waals surface area contributed by atoms with Gasteiger partial charge in [-0.2, -0.15) is 0 Å². The summed E-state index contributed by atoms with van der Waals surface area (Å²) >= 11 is 0. The summed E-state index contributed by atoms with van der Waals surface area (Å²) < 4.78 is 22.7. The molecule has 0 aliphatic carbocycles. The Morgan fingerprint density at radius 2 is 2.16 bits per heavy atom. The number of oxazole rings is 1. The summed E-state index contributed by atoms with van der Waals surface area (Å²) in [4.78, 5) is 26.2. The molecule has 0 amide bonds. The van der Waals surface area contributed by atoms with Crippen LogP contribution in [-0.2, 0) is 4.74 Å². The van der Waals surface area contributed by atoms with Gasteiger partial charge in [-0.1, -0.05) is 0 Å². The van der Waals surface area contributed by atoms with E-state index in [-0.39, 0.29) is 22.6 Å². The second kappa shape index (κ2) is 4.89. The van der Waals surface area contributed by atoms with E-state index in [4.69, 9.17) is 9.52 Å². The van der Waals surface area contributed by atoms with Gasteiger partial charge in [-0.3, -0.25) is 0 Å². The molecule has 0 radical (unpaired) electrons. The zero-order valence-electron chi connectivity index (χ0n) is 9.71. The van der Waals surface area contributed by atoms with Crippen molar-refractivity contribution in [1.82, 2.24) is 4.98 Å². The van der Waals surface area contributed by atoms with Crippen molar-refractivity contribution in [2.75, 3.05) is 7.11 Å². The van der Waals surface area contributed by atoms with E-state index in [1.807, 2.05) is 0 Å². The summed E-state index contributed by atoms with van der Waals surface area (Å²) in [6, 6.07) is 3.04. The van der Waals surface area contributed by atoms with E-state index in [1.54, 1.807) is 0 Å². The molecule has 0 fully saturated rings. The number of hydrogen-bond donors (Lipinski definition) is 1. The maximum atomic E-state index is 13.2. The standard InChI is InChI=1S/C12H8FNO5/c1-18-12(17)9-10(19-5-14-9)8-4-6(13)2-3-7(8)11(15)16/h2-5H,1H3,(H,15,16). The molecular weight excluding hydrogens is 257 g/mol. The molecule has 0 unspecified atom stereocenters. The van der Waals surface area contributed by atoms with Crippen molar-refractivity contribution in [3.8, 4) is 11.3 Å². The molecule has 0 saturated heterocycles. The van der Waals surface area contributed by atoms with Gasteiger partial charge < -0.3 is 14.3 Å². The number of esters is 1. The number of ether oxygens (including phenoxy) is 1. The van der Waals surface area contributed by atoms with Gasteiger partial charge in [0.15, 0.2) is 17.8 Å². The number of carboxylic acids is 1. The van der Waals surface area contributed by atoms with Crippen LogP contribution in [0.25, 0.3) is 11.3 Å². The molecule has 98 valence electrons. The molecule has 1 aromatic heterocycles. The summed E-state index contributed by atoms with van der Waals surface area (Å²) in [7, 11) is 1.14. The number of hydrogen-bond acceptors (Lipinski definition) is 5. The third kappa shape index (κ3) is 2.30. The average Bonchev–Trinajstić information content (AvgIpc) is 2.86. The van der Waals surface area contributed by atoms with Crippen LogP contribution in [-0.4, -0.2) is 29.1 Å². The molecule has 1 N–H and O–H groups in total. The normalized spacial score (nSPS) is 10.2. The van der Waals surface area contributed by atoms with Crippen LogP contribution >= 0.6 is 0 Å². The number of aromatic nitrogens is 1. The SMILES string of the molecule is COC(=O)c1ncoc1-c1cc(F)ccc1C(=O)O. The molecule has 2 aromatic rings. The zero-order valence-corrected chi connectivity index (χ0v) is 9.71. The lowest BCUT2D eigenvalue weighted by Gasteiger charge is -2.04. The maximum Gasteiger partial charge on any atom is 0.360 e. The minimum atomic E-state index is -1.28. The maximum absolute atomic E-state index is 13.2. The zero-order chi connectivity index (χ0) is 14.0. The van der Waals surface area contributed by atoms with E-state index in [0.717, 1.165) is 31.7 Å². The van der Waals surface area contributed by atoms with Crippen molar-refractivity contribution in [3.05, 3.63) is 41.7 Å². The fourth-order valence-corrected chi connectivity index (χ4v) is 1.57. The molecule has 1 heterocycles. The molecule has 0 atom stereocenters. The number of carbonyl (C=O) groups excluding carboxylic acids is 1. The first-order valence-corrected chi connectivity index (χ1v) is 5.09. The number of rotatable bonds is 3. The first-order chi connectivity index (χ1) is 9.04. The fraction of sp³-hybridized carbons (Fsp3) is 0.0833. The van der Waals surface area contributed by atoms with Crippen LogP contribution in [0.2, 0.25) is 0 Å². The van der Waals surface area contributed by atoms with E-state index < -0.39 is 17.8 Å². The number of nitrogens with zero attached hydrogens (tertiary/aromatic N) is 1. The number of halogens is 1. The third-order valence-electron chi connectivity index (χ3n) is 2.40. The summed E-state index contributed by atoms with van der Waals surface area (Å²) in [6.45, 7) is 0. The first kappa shape index (κ1) is 12.7. The van der Waals surface area contributed by atoms with E-state index in [9.17, 15) is 14.0 Å². The van der Waals surface area contributed by atoms with E-state index in [2.05, 4.69) is 9.72 Å². The smallest absolute Gasteiger partial charge is 0.360 e. The monoisotopic (exact) mass is 265 g/mol. The van der Waals surface area contributed by atoms with Crippen LogP contribution in [0.4, 0.5) is 4.39 Å². The summed E-state index contributed by atoms with van der Waals surface area (Å²) in [5.74, 6) is -2.89. The van der Waals surface area contributed by atoms with Gasteiger partial charge in [-0.25, -0.2) is 19.0 Å². The van der Waals surface area contributed by atoms with Crippen molar-refractivity contribution in [1.29, 1.82) is 0 Å². The Morgan fingerprint density at radius 1 is 1.42 bits per heavy atom. The summed E-state index contributed by atoms with van der Waals surface area (Å²) in [5.41, 5.74) is -0.496. The van der Waals surface area contributed by atoms with Crippen molar-refractivity contribution in [2.24, 2.45) is 0 Å². The lowest BCUT2D eigenvalue weighted by Crippen LogP contribution is -2.06. The highest BCUT2D eigenvalue weighted by Crippen LogP contribution is 2.28. The van der Waals surface area contributed by atoms with Crippen molar-refractivity contribution >= 4 is 11.9 Å².